The third-order valence-corrected chi connectivity index (χ3v) is 4.06. The van der Waals surface area contributed by atoms with Crippen LogP contribution in [0.4, 0.5) is 0 Å². The van der Waals surface area contributed by atoms with E-state index in [2.05, 4.69) is 38.7 Å². The maximum absolute atomic E-state index is 12.7. The van der Waals surface area contributed by atoms with Gasteiger partial charge in [0, 0.05) is 26.4 Å². The van der Waals surface area contributed by atoms with Crippen molar-refractivity contribution >= 4 is 5.78 Å². The van der Waals surface area contributed by atoms with Crippen molar-refractivity contribution in [1.82, 2.24) is 0 Å². The van der Waals surface area contributed by atoms with Crippen LogP contribution in [0.2, 0.25) is 0 Å². The van der Waals surface area contributed by atoms with Crippen molar-refractivity contribution in [3.05, 3.63) is 35.4 Å². The molecule has 0 aliphatic carbocycles. The number of methoxy groups -OCH3 is 2. The maximum Gasteiger partial charge on any atom is 0.188 e. The first-order chi connectivity index (χ1) is 13.0. The van der Waals surface area contributed by atoms with E-state index in [0.717, 1.165) is 25.7 Å². The molecule has 0 fully saturated rings. The van der Waals surface area contributed by atoms with E-state index in [9.17, 15) is 4.79 Å². The molecule has 1 aromatic carbocycles. The lowest BCUT2D eigenvalue weighted by Gasteiger charge is -2.14. The minimum Gasteiger partial charge on any atom is -0.497 e. The molecule has 0 unspecified atom stereocenters. The van der Waals surface area contributed by atoms with Crippen molar-refractivity contribution in [2.45, 2.75) is 52.9 Å². The topological polar surface area (TPSA) is 44.8 Å². The Hall–Kier alpha value is -2.25. The van der Waals surface area contributed by atoms with Gasteiger partial charge in [-0.2, -0.15) is 0 Å². The van der Waals surface area contributed by atoms with Crippen molar-refractivity contribution in [3.63, 3.8) is 0 Å². The lowest BCUT2D eigenvalue weighted by atomic mass is 9.95. The van der Waals surface area contributed by atoms with Gasteiger partial charge < -0.3 is 14.2 Å². The normalized spacial score (nSPS) is 11.1. The molecule has 0 N–H and O–H groups in total. The molecular weight excluding hydrogens is 340 g/mol. The molecule has 1 atom stereocenters. The Kier molecular flexibility index (Phi) is 11.0. The second-order valence-electron chi connectivity index (χ2n) is 6.86. The standard InChI is InChI=1S/C23H32O4/c1-18(2)11-9-7-6-8-10-12-19(3)15-22(24)21-16-20(26-5)13-14-23(21)27-17-25-4/h11,13-14,16,19H,7,9-10,12,15,17H2,1-5H3/t19-/m0/s1. The summed E-state index contributed by atoms with van der Waals surface area (Å²) in [5.74, 6) is 7.87. The first-order valence-corrected chi connectivity index (χ1v) is 9.40. The molecule has 0 aromatic heterocycles. The quantitative estimate of drug-likeness (QED) is 0.171. The highest BCUT2D eigenvalue weighted by Gasteiger charge is 2.17. The first-order valence-electron chi connectivity index (χ1n) is 9.40. The molecule has 1 rings (SSSR count). The summed E-state index contributed by atoms with van der Waals surface area (Å²) in [4.78, 5) is 12.7. The molecule has 0 saturated carbocycles. The average molecular weight is 373 g/mol. The fourth-order valence-electron chi connectivity index (χ4n) is 2.56. The molecule has 0 bridgehead atoms. The average Bonchev–Trinajstić information content (AvgIpc) is 2.65. The van der Waals surface area contributed by atoms with Gasteiger partial charge in [-0.3, -0.25) is 4.79 Å². The van der Waals surface area contributed by atoms with E-state index in [1.807, 2.05) is 0 Å². The van der Waals surface area contributed by atoms with Gasteiger partial charge in [-0.15, -0.1) is 11.8 Å². The van der Waals surface area contributed by atoms with Crippen LogP contribution in [0.1, 0.15) is 63.2 Å². The zero-order chi connectivity index (χ0) is 20.1. The van der Waals surface area contributed by atoms with Crippen molar-refractivity contribution < 1.29 is 19.0 Å². The van der Waals surface area contributed by atoms with Gasteiger partial charge in [-0.05, 0) is 50.8 Å². The summed E-state index contributed by atoms with van der Waals surface area (Å²) in [5.41, 5.74) is 1.86. The van der Waals surface area contributed by atoms with E-state index in [-0.39, 0.29) is 18.5 Å². The number of carbonyl (C=O) groups is 1. The third-order valence-electron chi connectivity index (χ3n) is 4.06. The summed E-state index contributed by atoms with van der Waals surface area (Å²) >= 11 is 0. The van der Waals surface area contributed by atoms with E-state index in [1.54, 1.807) is 32.4 Å². The summed E-state index contributed by atoms with van der Waals surface area (Å²) in [7, 11) is 3.13. The molecule has 0 spiro atoms. The van der Waals surface area contributed by atoms with E-state index in [0.29, 0.717) is 23.5 Å². The Morgan fingerprint density at radius 3 is 2.59 bits per heavy atom. The number of unbranched alkanes of at least 4 members (excludes halogenated alkanes) is 1. The van der Waals surface area contributed by atoms with Crippen LogP contribution in [0.3, 0.4) is 0 Å². The molecule has 27 heavy (non-hydrogen) atoms. The Morgan fingerprint density at radius 1 is 1.19 bits per heavy atom. The van der Waals surface area contributed by atoms with Crippen LogP contribution in [0.25, 0.3) is 0 Å². The molecule has 0 aliphatic rings. The van der Waals surface area contributed by atoms with E-state index in [4.69, 9.17) is 14.2 Å². The van der Waals surface area contributed by atoms with Gasteiger partial charge in [-0.1, -0.05) is 18.6 Å². The number of carbonyl (C=O) groups excluding carboxylic acids is 1. The molecule has 4 heteroatoms. The largest absolute Gasteiger partial charge is 0.497 e. The van der Waals surface area contributed by atoms with E-state index >= 15 is 0 Å². The highest BCUT2D eigenvalue weighted by atomic mass is 16.7. The summed E-state index contributed by atoms with van der Waals surface area (Å²) in [6.45, 7) is 6.38. The number of Topliss-reactive ketones (excluding diaryl/α,β-unsaturated/α-hetero) is 1. The van der Waals surface area contributed by atoms with Gasteiger partial charge >= 0.3 is 0 Å². The third kappa shape index (κ3) is 9.30. The van der Waals surface area contributed by atoms with Crippen LogP contribution in [0.5, 0.6) is 11.5 Å². The predicted octanol–water partition coefficient (Wildman–Crippen LogP) is 5.42. The number of ketones is 1. The molecule has 0 aliphatic heterocycles. The Bertz CT molecular complexity index is 675. The zero-order valence-corrected chi connectivity index (χ0v) is 17.3. The second kappa shape index (κ2) is 13.0. The number of ether oxygens (including phenoxy) is 3. The van der Waals surface area contributed by atoms with E-state index < -0.39 is 0 Å². The monoisotopic (exact) mass is 372 g/mol. The molecule has 0 radical (unpaired) electrons. The van der Waals surface area contributed by atoms with Crippen LogP contribution in [-0.2, 0) is 4.74 Å². The predicted molar refractivity (Wildman–Crippen MR) is 109 cm³/mol. The van der Waals surface area contributed by atoms with Crippen molar-refractivity contribution in [3.8, 4) is 23.3 Å². The van der Waals surface area contributed by atoms with Gasteiger partial charge in [0.25, 0.3) is 0 Å². The van der Waals surface area contributed by atoms with Gasteiger partial charge in [0.1, 0.15) is 11.5 Å². The Balaban J connectivity index is 2.57. The number of allylic oxidation sites excluding steroid dienone is 2. The van der Waals surface area contributed by atoms with Crippen LogP contribution in [0, 0.1) is 17.8 Å². The Labute approximate surface area is 163 Å². The summed E-state index contributed by atoms with van der Waals surface area (Å²) in [6, 6.07) is 5.24. The van der Waals surface area contributed by atoms with Gasteiger partial charge in [0.15, 0.2) is 12.6 Å². The van der Waals surface area contributed by atoms with Crippen molar-refractivity contribution in [1.29, 1.82) is 0 Å². The number of benzene rings is 1. The van der Waals surface area contributed by atoms with Crippen LogP contribution >= 0.6 is 0 Å². The minimum absolute atomic E-state index is 0.0454. The summed E-state index contributed by atoms with van der Waals surface area (Å²) in [6.07, 6.45) is 6.27. The molecule has 0 amide bonds. The molecule has 0 heterocycles. The fraction of sp³-hybridized carbons (Fsp3) is 0.522. The van der Waals surface area contributed by atoms with Crippen molar-refractivity contribution in [2.24, 2.45) is 5.92 Å². The lowest BCUT2D eigenvalue weighted by molar-refractivity contribution is 0.0501. The molecule has 1 aromatic rings. The number of rotatable bonds is 11. The number of hydrogen-bond acceptors (Lipinski definition) is 4. The molecule has 148 valence electrons. The highest BCUT2D eigenvalue weighted by Crippen LogP contribution is 2.27. The molecule has 4 nitrogen and oxygen atoms in total. The number of hydrogen-bond donors (Lipinski definition) is 0. The lowest BCUT2D eigenvalue weighted by Crippen LogP contribution is -2.10. The molecule has 0 saturated heterocycles. The van der Waals surface area contributed by atoms with Gasteiger partial charge in [0.2, 0.25) is 0 Å². The minimum atomic E-state index is 0.0454. The Morgan fingerprint density at radius 2 is 1.93 bits per heavy atom. The second-order valence-corrected chi connectivity index (χ2v) is 6.86. The summed E-state index contributed by atoms with van der Waals surface area (Å²) in [5, 5.41) is 0. The maximum atomic E-state index is 12.7. The van der Waals surface area contributed by atoms with Crippen LogP contribution < -0.4 is 9.47 Å². The molecular formula is C23H32O4. The highest BCUT2D eigenvalue weighted by molar-refractivity contribution is 5.99. The van der Waals surface area contributed by atoms with Crippen molar-refractivity contribution in [2.75, 3.05) is 21.0 Å². The SMILES string of the molecule is COCOc1ccc(OC)cc1C(=O)C[C@@H](C)CCC#CCCC=C(C)C. The zero-order valence-electron chi connectivity index (χ0n) is 17.3. The summed E-state index contributed by atoms with van der Waals surface area (Å²) < 4.78 is 15.7. The van der Waals surface area contributed by atoms with Crippen LogP contribution in [-0.4, -0.2) is 26.8 Å². The fourth-order valence-corrected chi connectivity index (χ4v) is 2.56. The first kappa shape index (κ1) is 22.8. The smallest absolute Gasteiger partial charge is 0.188 e. The van der Waals surface area contributed by atoms with Gasteiger partial charge in [0.05, 0.1) is 12.7 Å². The van der Waals surface area contributed by atoms with Crippen LogP contribution in [0.15, 0.2) is 29.8 Å². The van der Waals surface area contributed by atoms with Gasteiger partial charge in [-0.25, -0.2) is 0 Å². The van der Waals surface area contributed by atoms with E-state index in [1.165, 1.54) is 5.57 Å².